The normalized spacial score (nSPS) is 10.7. The number of hydrogen-bond donors (Lipinski definition) is 2. The zero-order valence-corrected chi connectivity index (χ0v) is 11.8. The summed E-state index contributed by atoms with van der Waals surface area (Å²) < 4.78 is 0. The summed E-state index contributed by atoms with van der Waals surface area (Å²) in [5, 5.41) is 6.54. The quantitative estimate of drug-likeness (QED) is 0.861. The minimum absolute atomic E-state index is 0.477. The molecule has 2 N–H and O–H groups in total. The van der Waals surface area contributed by atoms with E-state index in [1.807, 2.05) is 19.2 Å². The smallest absolute Gasteiger partial charge is 0.126 e. The van der Waals surface area contributed by atoms with Gasteiger partial charge >= 0.3 is 0 Å². The molecule has 0 aliphatic carbocycles. The van der Waals surface area contributed by atoms with Gasteiger partial charge in [-0.1, -0.05) is 44.2 Å². The molecule has 0 unspecified atom stereocenters. The minimum atomic E-state index is 0.477. The van der Waals surface area contributed by atoms with Crippen molar-refractivity contribution in [3.63, 3.8) is 0 Å². The number of nitrogens with one attached hydrogen (secondary N) is 2. The van der Waals surface area contributed by atoms with Crippen LogP contribution in [0.25, 0.3) is 11.3 Å². The highest BCUT2D eigenvalue weighted by Crippen LogP contribution is 2.23. The second-order valence-electron chi connectivity index (χ2n) is 4.85. The summed E-state index contributed by atoms with van der Waals surface area (Å²) in [7, 11) is 1.89. The number of rotatable bonds is 5. The number of nitrogens with zero attached hydrogens (tertiary/aromatic N) is 1. The van der Waals surface area contributed by atoms with Gasteiger partial charge in [-0.05, 0) is 17.7 Å². The maximum absolute atomic E-state index is 4.61. The Morgan fingerprint density at radius 1 is 1.05 bits per heavy atom. The van der Waals surface area contributed by atoms with E-state index in [4.69, 9.17) is 0 Å². The lowest BCUT2D eigenvalue weighted by Crippen LogP contribution is -2.22. The fourth-order valence-corrected chi connectivity index (χ4v) is 1.96. The van der Waals surface area contributed by atoms with Crippen molar-refractivity contribution in [3.05, 3.63) is 48.0 Å². The van der Waals surface area contributed by atoms with Crippen molar-refractivity contribution < 1.29 is 0 Å². The molecular weight excluding hydrogens is 234 g/mol. The molecule has 0 saturated carbocycles. The third-order valence-corrected chi connectivity index (χ3v) is 3.00. The lowest BCUT2D eigenvalue weighted by atomic mass is 10.0. The van der Waals surface area contributed by atoms with Crippen LogP contribution in [0.5, 0.6) is 0 Å². The summed E-state index contributed by atoms with van der Waals surface area (Å²) in [4.78, 5) is 4.61. The van der Waals surface area contributed by atoms with Crippen molar-refractivity contribution in [3.8, 4) is 11.3 Å². The molecule has 1 heterocycles. The Hall–Kier alpha value is -1.87. The third-order valence-electron chi connectivity index (χ3n) is 3.00. The summed E-state index contributed by atoms with van der Waals surface area (Å²) in [5.74, 6) is 0.893. The van der Waals surface area contributed by atoms with Gasteiger partial charge in [-0.15, -0.1) is 0 Å². The van der Waals surface area contributed by atoms with Crippen molar-refractivity contribution in [2.45, 2.75) is 26.4 Å². The number of anilines is 1. The molecular formula is C16H21N3. The molecule has 0 amide bonds. The van der Waals surface area contributed by atoms with Crippen molar-refractivity contribution in [2.24, 2.45) is 0 Å². The lowest BCUT2D eigenvalue weighted by molar-refractivity contribution is 0.589. The molecule has 2 rings (SSSR count). The van der Waals surface area contributed by atoms with E-state index >= 15 is 0 Å². The first-order valence-electron chi connectivity index (χ1n) is 6.67. The Morgan fingerprint density at radius 2 is 1.84 bits per heavy atom. The van der Waals surface area contributed by atoms with Gasteiger partial charge in [0.05, 0.1) is 5.69 Å². The van der Waals surface area contributed by atoms with Gasteiger partial charge in [0, 0.05) is 25.2 Å². The van der Waals surface area contributed by atoms with Crippen molar-refractivity contribution in [1.29, 1.82) is 0 Å². The Balaban J connectivity index is 2.32. The topological polar surface area (TPSA) is 37.0 Å². The van der Waals surface area contributed by atoms with E-state index in [0.29, 0.717) is 6.04 Å². The van der Waals surface area contributed by atoms with Gasteiger partial charge in [-0.25, -0.2) is 4.98 Å². The molecule has 2 aromatic rings. The van der Waals surface area contributed by atoms with Crippen LogP contribution in [0.4, 0.5) is 5.82 Å². The van der Waals surface area contributed by atoms with Crippen LogP contribution in [-0.2, 0) is 6.54 Å². The average molecular weight is 255 g/mol. The van der Waals surface area contributed by atoms with E-state index in [-0.39, 0.29) is 0 Å². The van der Waals surface area contributed by atoms with Gasteiger partial charge in [0.2, 0.25) is 0 Å². The molecule has 0 atom stereocenters. The molecule has 0 aliphatic rings. The van der Waals surface area contributed by atoms with Gasteiger partial charge in [0.15, 0.2) is 0 Å². The Morgan fingerprint density at radius 3 is 2.58 bits per heavy atom. The first-order valence-corrected chi connectivity index (χ1v) is 6.67. The predicted octanol–water partition coefficient (Wildman–Crippen LogP) is 3.29. The van der Waals surface area contributed by atoms with Crippen LogP contribution in [0.1, 0.15) is 19.4 Å². The second kappa shape index (κ2) is 6.34. The van der Waals surface area contributed by atoms with E-state index in [1.54, 1.807) is 0 Å². The summed E-state index contributed by atoms with van der Waals surface area (Å²) in [6.07, 6.45) is 0. The van der Waals surface area contributed by atoms with E-state index in [2.05, 4.69) is 59.8 Å². The average Bonchev–Trinajstić information content (AvgIpc) is 2.45. The molecule has 19 heavy (non-hydrogen) atoms. The molecule has 3 heteroatoms. The number of pyridine rings is 1. The summed E-state index contributed by atoms with van der Waals surface area (Å²) in [6.45, 7) is 5.17. The fourth-order valence-electron chi connectivity index (χ4n) is 1.96. The summed E-state index contributed by atoms with van der Waals surface area (Å²) >= 11 is 0. The molecule has 1 aromatic heterocycles. The first kappa shape index (κ1) is 13.6. The van der Waals surface area contributed by atoms with E-state index in [1.165, 1.54) is 11.1 Å². The lowest BCUT2D eigenvalue weighted by Gasteiger charge is -2.13. The Kier molecular flexibility index (Phi) is 4.53. The fraction of sp³-hybridized carbons (Fsp3) is 0.312. The maximum Gasteiger partial charge on any atom is 0.126 e. The van der Waals surface area contributed by atoms with E-state index < -0.39 is 0 Å². The highest BCUT2D eigenvalue weighted by Gasteiger charge is 2.06. The van der Waals surface area contributed by atoms with Crippen LogP contribution in [0.3, 0.4) is 0 Å². The number of aromatic nitrogens is 1. The molecule has 0 radical (unpaired) electrons. The SMILES string of the molecule is CNc1cccc(-c2ccccc2CNC(C)C)n1. The highest BCUT2D eigenvalue weighted by atomic mass is 15.0. The molecule has 0 spiro atoms. The van der Waals surface area contributed by atoms with Crippen LogP contribution in [0.15, 0.2) is 42.5 Å². The molecule has 0 fully saturated rings. The molecule has 0 saturated heterocycles. The summed E-state index contributed by atoms with van der Waals surface area (Å²) in [6, 6.07) is 14.9. The highest BCUT2D eigenvalue weighted by molar-refractivity contribution is 5.65. The minimum Gasteiger partial charge on any atom is -0.373 e. The molecule has 0 aliphatic heterocycles. The third kappa shape index (κ3) is 3.55. The summed E-state index contributed by atoms with van der Waals surface area (Å²) in [5.41, 5.74) is 3.47. The molecule has 3 nitrogen and oxygen atoms in total. The maximum atomic E-state index is 4.61. The zero-order valence-electron chi connectivity index (χ0n) is 11.8. The number of hydrogen-bond acceptors (Lipinski definition) is 3. The van der Waals surface area contributed by atoms with Crippen molar-refractivity contribution in [1.82, 2.24) is 10.3 Å². The van der Waals surface area contributed by atoms with Gasteiger partial charge < -0.3 is 10.6 Å². The van der Waals surface area contributed by atoms with Crippen LogP contribution >= 0.6 is 0 Å². The molecule has 0 bridgehead atoms. The predicted molar refractivity (Wildman–Crippen MR) is 81.2 cm³/mol. The van der Waals surface area contributed by atoms with Gasteiger partial charge in [-0.3, -0.25) is 0 Å². The van der Waals surface area contributed by atoms with Crippen LogP contribution in [-0.4, -0.2) is 18.1 Å². The monoisotopic (exact) mass is 255 g/mol. The van der Waals surface area contributed by atoms with Crippen LogP contribution in [0, 0.1) is 0 Å². The Bertz CT molecular complexity index is 535. The zero-order chi connectivity index (χ0) is 13.7. The molecule has 1 aromatic carbocycles. The number of benzene rings is 1. The second-order valence-corrected chi connectivity index (χ2v) is 4.85. The van der Waals surface area contributed by atoms with Gasteiger partial charge in [0.1, 0.15) is 5.82 Å². The largest absolute Gasteiger partial charge is 0.373 e. The Labute approximate surface area is 115 Å². The standard InChI is InChI=1S/C16H21N3/c1-12(2)18-11-13-7-4-5-8-14(13)15-9-6-10-16(17-3)19-15/h4-10,12,18H,11H2,1-3H3,(H,17,19). The van der Waals surface area contributed by atoms with Crippen LogP contribution in [0.2, 0.25) is 0 Å². The van der Waals surface area contributed by atoms with E-state index in [0.717, 1.165) is 18.1 Å². The van der Waals surface area contributed by atoms with Crippen LogP contribution < -0.4 is 10.6 Å². The van der Waals surface area contributed by atoms with Crippen molar-refractivity contribution >= 4 is 5.82 Å². The van der Waals surface area contributed by atoms with Crippen molar-refractivity contribution in [2.75, 3.05) is 12.4 Å². The van der Waals surface area contributed by atoms with Gasteiger partial charge in [-0.2, -0.15) is 0 Å². The first-order chi connectivity index (χ1) is 9.20. The molecule has 100 valence electrons. The van der Waals surface area contributed by atoms with E-state index in [9.17, 15) is 0 Å². The van der Waals surface area contributed by atoms with Gasteiger partial charge in [0.25, 0.3) is 0 Å².